The molecule has 0 saturated carbocycles. The van der Waals surface area contributed by atoms with Gasteiger partial charge in [-0.3, -0.25) is 9.52 Å². The summed E-state index contributed by atoms with van der Waals surface area (Å²) < 4.78 is 33.0. The summed E-state index contributed by atoms with van der Waals surface area (Å²) >= 11 is 0. The summed E-state index contributed by atoms with van der Waals surface area (Å²) in [6, 6.07) is 13.6. The Morgan fingerprint density at radius 3 is 2.56 bits per heavy atom. The highest BCUT2D eigenvalue weighted by Crippen LogP contribution is 2.23. The van der Waals surface area contributed by atoms with Crippen LogP contribution in [-0.2, 0) is 10.0 Å². The van der Waals surface area contributed by atoms with E-state index in [0.29, 0.717) is 33.1 Å². The molecule has 0 bridgehead atoms. The normalized spacial score (nSPS) is 11.7. The molecule has 7 nitrogen and oxygen atoms in total. The number of aryl methyl sites for hydroxylation is 1. The molecule has 2 aromatic heterocycles. The van der Waals surface area contributed by atoms with Crippen LogP contribution in [0.3, 0.4) is 0 Å². The molecule has 0 spiro atoms. The number of benzene rings is 2. The first kappa shape index (κ1) is 17.0. The van der Waals surface area contributed by atoms with Gasteiger partial charge in [0.1, 0.15) is 5.58 Å². The van der Waals surface area contributed by atoms with E-state index in [4.69, 9.17) is 4.42 Å². The van der Waals surface area contributed by atoms with E-state index >= 15 is 0 Å². The monoisotopic (exact) mass is 382 g/mol. The van der Waals surface area contributed by atoms with Crippen molar-refractivity contribution in [3.05, 3.63) is 80.9 Å². The standard InChI is InChI=1S/C19H14N2O5S/c1-11-8-13-10-15(4-5-16(13)20-19(11)23)27(24,25)21-14-3-6-17-12(9-14)2-7-18(22)26-17/h2-10,21H,1H3,(H,20,23). The van der Waals surface area contributed by atoms with Crippen LogP contribution in [0.4, 0.5) is 5.69 Å². The van der Waals surface area contributed by atoms with Crippen LogP contribution in [0, 0.1) is 6.92 Å². The van der Waals surface area contributed by atoms with Crippen molar-refractivity contribution in [2.75, 3.05) is 4.72 Å². The molecule has 2 heterocycles. The molecule has 2 aromatic carbocycles. The van der Waals surface area contributed by atoms with E-state index in [1.54, 1.807) is 31.2 Å². The van der Waals surface area contributed by atoms with E-state index in [1.807, 2.05) is 0 Å². The van der Waals surface area contributed by atoms with E-state index in [-0.39, 0.29) is 10.5 Å². The highest BCUT2D eigenvalue weighted by atomic mass is 32.2. The van der Waals surface area contributed by atoms with Gasteiger partial charge in [0.15, 0.2) is 0 Å². The van der Waals surface area contributed by atoms with Crippen molar-refractivity contribution in [2.24, 2.45) is 0 Å². The summed E-state index contributed by atoms with van der Waals surface area (Å²) in [5, 5.41) is 1.22. The summed E-state index contributed by atoms with van der Waals surface area (Å²) in [5.41, 5.74) is 1.09. The Labute approximate surface area is 153 Å². The second kappa shape index (κ2) is 6.10. The largest absolute Gasteiger partial charge is 0.423 e. The van der Waals surface area contributed by atoms with Crippen LogP contribution in [0.1, 0.15) is 5.56 Å². The maximum Gasteiger partial charge on any atom is 0.336 e. The van der Waals surface area contributed by atoms with Crippen LogP contribution in [-0.4, -0.2) is 13.4 Å². The van der Waals surface area contributed by atoms with Crippen molar-refractivity contribution in [2.45, 2.75) is 11.8 Å². The third kappa shape index (κ3) is 3.22. The molecule has 0 aliphatic carbocycles. The van der Waals surface area contributed by atoms with Gasteiger partial charge in [0, 0.05) is 28.2 Å². The average molecular weight is 382 g/mol. The number of hydrogen-bond acceptors (Lipinski definition) is 5. The number of hydrogen-bond donors (Lipinski definition) is 2. The molecule has 0 fully saturated rings. The number of sulfonamides is 1. The fourth-order valence-corrected chi connectivity index (χ4v) is 3.89. The Morgan fingerprint density at radius 2 is 1.74 bits per heavy atom. The number of nitrogens with one attached hydrogen (secondary N) is 2. The molecular formula is C19H14N2O5S. The molecule has 2 N–H and O–H groups in total. The number of fused-ring (bicyclic) bond motifs is 2. The number of aromatic amines is 1. The Balaban J connectivity index is 1.74. The van der Waals surface area contributed by atoms with Crippen LogP contribution < -0.4 is 15.9 Å². The summed E-state index contributed by atoms with van der Waals surface area (Å²) in [6.07, 6.45) is 0. The average Bonchev–Trinajstić information content (AvgIpc) is 2.62. The molecule has 0 amide bonds. The van der Waals surface area contributed by atoms with Gasteiger partial charge in [-0.25, -0.2) is 13.2 Å². The molecule has 136 valence electrons. The Kier molecular flexibility index (Phi) is 3.85. The highest BCUT2D eigenvalue weighted by Gasteiger charge is 2.15. The van der Waals surface area contributed by atoms with Gasteiger partial charge in [-0.15, -0.1) is 0 Å². The SMILES string of the molecule is Cc1cc2cc(S(=O)(=O)Nc3ccc4oc(=O)ccc4c3)ccc2[nH]c1=O. The molecular weight excluding hydrogens is 368 g/mol. The first-order valence-electron chi connectivity index (χ1n) is 8.02. The van der Waals surface area contributed by atoms with Crippen molar-refractivity contribution < 1.29 is 12.8 Å². The number of anilines is 1. The predicted octanol–water partition coefficient (Wildman–Crippen LogP) is 2.74. The lowest BCUT2D eigenvalue weighted by Gasteiger charge is -2.10. The highest BCUT2D eigenvalue weighted by molar-refractivity contribution is 7.92. The first-order chi connectivity index (χ1) is 12.8. The molecule has 0 atom stereocenters. The summed E-state index contributed by atoms with van der Waals surface area (Å²) in [4.78, 5) is 25.7. The zero-order valence-corrected chi connectivity index (χ0v) is 15.0. The van der Waals surface area contributed by atoms with Crippen LogP contribution in [0.5, 0.6) is 0 Å². The Hall–Kier alpha value is -3.39. The van der Waals surface area contributed by atoms with Gasteiger partial charge in [0.2, 0.25) is 0 Å². The van der Waals surface area contributed by atoms with E-state index in [1.165, 1.54) is 30.3 Å². The minimum Gasteiger partial charge on any atom is -0.423 e. The number of pyridine rings is 1. The smallest absolute Gasteiger partial charge is 0.336 e. The van der Waals surface area contributed by atoms with Gasteiger partial charge in [-0.05, 0) is 60.8 Å². The van der Waals surface area contributed by atoms with E-state index < -0.39 is 15.6 Å². The predicted molar refractivity (Wildman–Crippen MR) is 103 cm³/mol. The van der Waals surface area contributed by atoms with Gasteiger partial charge in [-0.1, -0.05) is 0 Å². The van der Waals surface area contributed by atoms with Crippen molar-refractivity contribution >= 4 is 37.6 Å². The fraction of sp³-hybridized carbons (Fsp3) is 0.0526. The van der Waals surface area contributed by atoms with Crippen molar-refractivity contribution in [1.29, 1.82) is 0 Å². The fourth-order valence-electron chi connectivity index (χ4n) is 2.81. The minimum absolute atomic E-state index is 0.0705. The topological polar surface area (TPSA) is 109 Å². The minimum atomic E-state index is -3.84. The van der Waals surface area contributed by atoms with Gasteiger partial charge in [0.05, 0.1) is 4.90 Å². The molecule has 4 rings (SSSR count). The molecule has 4 aromatic rings. The maximum absolute atomic E-state index is 12.7. The second-order valence-corrected chi connectivity index (χ2v) is 7.83. The molecule has 0 aliphatic heterocycles. The van der Waals surface area contributed by atoms with E-state index in [0.717, 1.165) is 0 Å². The summed E-state index contributed by atoms with van der Waals surface area (Å²) in [5.74, 6) is 0. The molecule has 8 heteroatoms. The van der Waals surface area contributed by atoms with E-state index in [2.05, 4.69) is 9.71 Å². The molecule has 0 unspecified atom stereocenters. The van der Waals surface area contributed by atoms with E-state index in [9.17, 15) is 18.0 Å². The Bertz CT molecular complexity index is 1420. The van der Waals surface area contributed by atoms with Crippen molar-refractivity contribution in [3.8, 4) is 0 Å². The lowest BCUT2D eigenvalue weighted by Crippen LogP contribution is -2.13. The summed E-state index contributed by atoms with van der Waals surface area (Å²) in [6.45, 7) is 1.66. The van der Waals surface area contributed by atoms with Gasteiger partial charge in [-0.2, -0.15) is 0 Å². The first-order valence-corrected chi connectivity index (χ1v) is 9.51. The van der Waals surface area contributed by atoms with Crippen LogP contribution >= 0.6 is 0 Å². The Morgan fingerprint density at radius 1 is 0.926 bits per heavy atom. The molecule has 0 saturated heterocycles. The van der Waals surface area contributed by atoms with Crippen LogP contribution in [0.2, 0.25) is 0 Å². The third-order valence-electron chi connectivity index (χ3n) is 4.18. The van der Waals surface area contributed by atoms with Crippen molar-refractivity contribution in [1.82, 2.24) is 4.98 Å². The second-order valence-electron chi connectivity index (χ2n) is 6.14. The third-order valence-corrected chi connectivity index (χ3v) is 5.56. The van der Waals surface area contributed by atoms with Gasteiger partial charge < -0.3 is 9.40 Å². The molecule has 0 aliphatic rings. The summed E-state index contributed by atoms with van der Waals surface area (Å²) in [7, 11) is -3.84. The van der Waals surface area contributed by atoms with Gasteiger partial charge in [0.25, 0.3) is 15.6 Å². The quantitative estimate of drug-likeness (QED) is 0.530. The van der Waals surface area contributed by atoms with Crippen LogP contribution in [0.25, 0.3) is 21.9 Å². The maximum atomic E-state index is 12.7. The lowest BCUT2D eigenvalue weighted by atomic mass is 10.2. The molecule has 0 radical (unpaired) electrons. The van der Waals surface area contributed by atoms with Crippen LogP contribution in [0.15, 0.2) is 73.5 Å². The zero-order valence-electron chi connectivity index (χ0n) is 14.1. The van der Waals surface area contributed by atoms with Crippen molar-refractivity contribution in [3.63, 3.8) is 0 Å². The number of H-pyrrole nitrogens is 1. The van der Waals surface area contributed by atoms with Gasteiger partial charge >= 0.3 is 5.63 Å². The lowest BCUT2D eigenvalue weighted by molar-refractivity contribution is 0.561. The number of rotatable bonds is 3. The zero-order chi connectivity index (χ0) is 19.2. The number of aromatic nitrogens is 1. The molecule has 27 heavy (non-hydrogen) atoms.